The summed E-state index contributed by atoms with van der Waals surface area (Å²) >= 11 is 0. The predicted octanol–water partition coefficient (Wildman–Crippen LogP) is 1.20. The molecule has 1 amide bonds. The number of hydrogen-bond acceptors (Lipinski definition) is 12. The van der Waals surface area contributed by atoms with Gasteiger partial charge in [-0.25, -0.2) is 0 Å². The van der Waals surface area contributed by atoms with Crippen LogP contribution in [0.4, 0.5) is 0 Å². The van der Waals surface area contributed by atoms with E-state index in [0.29, 0.717) is 47.9 Å². The van der Waals surface area contributed by atoms with Gasteiger partial charge in [-0.15, -0.1) is 0 Å². The number of esters is 1. The van der Waals surface area contributed by atoms with Crippen molar-refractivity contribution in [1.82, 2.24) is 10.5 Å². The van der Waals surface area contributed by atoms with Crippen molar-refractivity contribution < 1.29 is 53.5 Å². The van der Waals surface area contributed by atoms with Crippen LogP contribution in [0, 0.1) is 0 Å². The van der Waals surface area contributed by atoms with Crippen LogP contribution in [0.1, 0.15) is 25.0 Å². The second-order valence-corrected chi connectivity index (χ2v) is 9.99. The molecule has 232 valence electrons. The normalized spacial score (nSPS) is 21.7. The molecule has 0 radical (unpaired) electrons. The third kappa shape index (κ3) is 8.09. The van der Waals surface area contributed by atoms with E-state index in [1.165, 1.54) is 0 Å². The Morgan fingerprint density at radius 3 is 2.12 bits per heavy atom. The zero-order chi connectivity index (χ0) is 30.9. The van der Waals surface area contributed by atoms with Crippen molar-refractivity contribution in [2.45, 2.75) is 56.4 Å². The Morgan fingerprint density at radius 1 is 0.860 bits per heavy atom. The van der Waals surface area contributed by atoms with Crippen LogP contribution in [0.15, 0.2) is 53.1 Å². The first kappa shape index (κ1) is 31.9. The molecule has 43 heavy (non-hydrogen) atoms. The Morgan fingerprint density at radius 2 is 1.49 bits per heavy atom. The van der Waals surface area contributed by atoms with Gasteiger partial charge in [-0.1, -0.05) is 17.3 Å². The maximum absolute atomic E-state index is 12.8. The Labute approximate surface area is 247 Å². The summed E-state index contributed by atoms with van der Waals surface area (Å²) in [6.45, 7) is -0.0893. The lowest BCUT2D eigenvalue weighted by atomic mass is 9.98. The summed E-state index contributed by atoms with van der Waals surface area (Å²) in [6.07, 6.45) is -6.80. The lowest BCUT2D eigenvalue weighted by Gasteiger charge is -2.37. The first-order chi connectivity index (χ1) is 20.7. The first-order valence-corrected chi connectivity index (χ1v) is 13.8. The fraction of sp³-hybridized carbons (Fsp3) is 0.433. The predicted molar refractivity (Wildman–Crippen MR) is 151 cm³/mol. The molecule has 13 heteroatoms. The van der Waals surface area contributed by atoms with Gasteiger partial charge in [0, 0.05) is 18.5 Å². The quantitative estimate of drug-likeness (QED) is 0.139. The summed E-state index contributed by atoms with van der Waals surface area (Å²) in [7, 11) is 3.17. The molecule has 0 spiro atoms. The van der Waals surface area contributed by atoms with Gasteiger partial charge in [0.15, 0.2) is 12.1 Å². The maximum Gasteiger partial charge on any atom is 0.305 e. The highest BCUT2D eigenvalue weighted by Gasteiger charge is 2.43. The van der Waals surface area contributed by atoms with Gasteiger partial charge in [-0.05, 0) is 54.8 Å². The van der Waals surface area contributed by atoms with Crippen LogP contribution < -0.4 is 14.8 Å². The van der Waals surface area contributed by atoms with E-state index in [0.717, 1.165) is 11.1 Å². The molecule has 1 aromatic heterocycles. The third-order valence-corrected chi connectivity index (χ3v) is 7.05. The van der Waals surface area contributed by atoms with E-state index >= 15 is 0 Å². The number of amides is 1. The molecule has 1 saturated heterocycles. The topological polar surface area (TPSA) is 190 Å². The largest absolute Gasteiger partial charge is 0.497 e. The van der Waals surface area contributed by atoms with Gasteiger partial charge in [0.1, 0.15) is 48.2 Å². The summed E-state index contributed by atoms with van der Waals surface area (Å²) in [4.78, 5) is 24.9. The number of hydrogen-bond donors (Lipinski definition) is 5. The maximum atomic E-state index is 12.8. The van der Waals surface area contributed by atoms with Crippen LogP contribution in [0.3, 0.4) is 0 Å². The highest BCUT2D eigenvalue weighted by atomic mass is 16.6. The Kier molecular flexibility index (Phi) is 11.1. The van der Waals surface area contributed by atoms with E-state index in [1.807, 2.05) is 48.5 Å². The molecule has 0 saturated carbocycles. The van der Waals surface area contributed by atoms with E-state index in [9.17, 15) is 30.0 Å². The number of rotatable bonds is 13. The molecular weight excluding hydrogens is 564 g/mol. The minimum atomic E-state index is -1.70. The number of methoxy groups -OCH3 is 2. The number of carbonyl (C=O) groups is 2. The van der Waals surface area contributed by atoms with Gasteiger partial charge in [0.25, 0.3) is 0 Å². The fourth-order valence-corrected chi connectivity index (χ4v) is 4.59. The average molecular weight is 601 g/mol. The summed E-state index contributed by atoms with van der Waals surface area (Å²) in [5.74, 6) is 0.925. The molecule has 3 aromatic rings. The number of aliphatic hydroxyl groups is 4. The molecule has 5 atom stereocenters. The van der Waals surface area contributed by atoms with E-state index < -0.39 is 43.3 Å². The van der Waals surface area contributed by atoms with Crippen LogP contribution in [0.5, 0.6) is 11.5 Å². The van der Waals surface area contributed by atoms with Crippen molar-refractivity contribution >= 4 is 11.9 Å². The molecule has 2 aromatic carbocycles. The van der Waals surface area contributed by atoms with Crippen LogP contribution in [0.25, 0.3) is 22.4 Å². The number of aromatic nitrogens is 1. The number of aliphatic hydroxyl groups excluding tert-OH is 4. The monoisotopic (exact) mass is 600 g/mol. The van der Waals surface area contributed by atoms with E-state index in [2.05, 4.69) is 10.5 Å². The number of benzene rings is 2. The number of ether oxygens (including phenoxy) is 4. The van der Waals surface area contributed by atoms with Crippen molar-refractivity contribution in [2.75, 3.05) is 27.4 Å². The van der Waals surface area contributed by atoms with Gasteiger partial charge in [0.05, 0.1) is 26.2 Å². The van der Waals surface area contributed by atoms with E-state index in [1.54, 1.807) is 14.2 Å². The fourth-order valence-electron chi connectivity index (χ4n) is 4.59. The average Bonchev–Trinajstić information content (AvgIpc) is 3.44. The molecule has 0 aliphatic carbocycles. The number of carbonyl (C=O) groups excluding carboxylic acids is 2. The highest BCUT2D eigenvalue weighted by Crippen LogP contribution is 2.36. The molecule has 1 aliphatic heterocycles. The summed E-state index contributed by atoms with van der Waals surface area (Å²) in [5.41, 5.74) is 2.87. The highest BCUT2D eigenvalue weighted by molar-refractivity contribution is 5.86. The smallest absolute Gasteiger partial charge is 0.305 e. The molecule has 2 heterocycles. The van der Waals surface area contributed by atoms with Gasteiger partial charge in [-0.2, -0.15) is 0 Å². The lowest BCUT2D eigenvalue weighted by molar-refractivity contribution is -0.287. The van der Waals surface area contributed by atoms with Crippen LogP contribution in [-0.4, -0.2) is 95.5 Å². The van der Waals surface area contributed by atoms with Crippen molar-refractivity contribution in [1.29, 1.82) is 0 Å². The van der Waals surface area contributed by atoms with Gasteiger partial charge < -0.3 is 49.2 Å². The summed E-state index contributed by atoms with van der Waals surface area (Å²) < 4.78 is 26.2. The van der Waals surface area contributed by atoms with Crippen molar-refractivity contribution in [3.63, 3.8) is 0 Å². The Balaban J connectivity index is 1.28. The van der Waals surface area contributed by atoms with Crippen LogP contribution in [-0.2, 0) is 25.5 Å². The standard InChI is InChI=1S/C30H36N2O11/c1-39-19-10-6-17(7-11-19)25-21(43-32-26(25)18-8-12-20(40-2)13-9-18)15-23(33)31-14-4-3-5-24(34)41-16-22-27(35)28(36)29(37)30(38)42-22/h6-13,22,27-30,35-38H,3-5,14-16H2,1-2H3,(H,31,33). The number of unbranched alkanes of at least 4 members (excludes halogenated alkanes) is 1. The second-order valence-electron chi connectivity index (χ2n) is 9.99. The van der Waals surface area contributed by atoms with Crippen LogP contribution >= 0.6 is 0 Å². The minimum absolute atomic E-state index is 0.0430. The van der Waals surface area contributed by atoms with Gasteiger partial charge >= 0.3 is 5.97 Å². The second kappa shape index (κ2) is 14.9. The SMILES string of the molecule is COc1ccc(-c2noc(CC(=O)NCCCCC(=O)OCC3OC(O)C(O)C(O)C3O)c2-c2ccc(OC)cc2)cc1. The molecular formula is C30H36N2O11. The van der Waals surface area contributed by atoms with Gasteiger partial charge in [-0.3, -0.25) is 9.59 Å². The molecule has 0 bridgehead atoms. The first-order valence-electron chi connectivity index (χ1n) is 13.8. The van der Waals surface area contributed by atoms with Crippen molar-refractivity contribution in [3.05, 3.63) is 54.3 Å². The van der Waals surface area contributed by atoms with Crippen molar-refractivity contribution in [3.8, 4) is 33.9 Å². The zero-order valence-electron chi connectivity index (χ0n) is 23.8. The van der Waals surface area contributed by atoms with E-state index in [4.69, 9.17) is 23.5 Å². The third-order valence-electron chi connectivity index (χ3n) is 7.05. The molecule has 1 aliphatic rings. The molecule has 5 N–H and O–H groups in total. The molecule has 13 nitrogen and oxygen atoms in total. The van der Waals surface area contributed by atoms with Crippen molar-refractivity contribution in [2.24, 2.45) is 0 Å². The van der Waals surface area contributed by atoms with Crippen LogP contribution in [0.2, 0.25) is 0 Å². The summed E-state index contributed by atoms with van der Waals surface area (Å²) in [5, 5.41) is 45.8. The molecule has 5 unspecified atom stereocenters. The van der Waals surface area contributed by atoms with Gasteiger partial charge in [0.2, 0.25) is 5.91 Å². The summed E-state index contributed by atoms with van der Waals surface area (Å²) in [6, 6.07) is 14.7. The number of nitrogens with one attached hydrogen (secondary N) is 1. The molecule has 4 rings (SSSR count). The van der Waals surface area contributed by atoms with E-state index in [-0.39, 0.29) is 18.7 Å². The number of nitrogens with zero attached hydrogens (tertiary/aromatic N) is 1. The molecule has 1 fully saturated rings. The zero-order valence-corrected chi connectivity index (χ0v) is 23.8. The lowest BCUT2D eigenvalue weighted by Crippen LogP contribution is -2.58. The minimum Gasteiger partial charge on any atom is -0.497 e. The Bertz CT molecular complexity index is 1340. The Hall–Kier alpha value is -4.01.